The second kappa shape index (κ2) is 16.8. The van der Waals surface area contributed by atoms with Crippen LogP contribution in [0.3, 0.4) is 0 Å². The Balaban J connectivity index is 0.000000275. The van der Waals surface area contributed by atoms with Crippen LogP contribution in [0.25, 0.3) is 23.9 Å². The first kappa shape index (κ1) is 32.9. The lowest BCUT2D eigenvalue weighted by atomic mass is 9.99. The van der Waals surface area contributed by atoms with Crippen LogP contribution in [-0.2, 0) is 13.0 Å². The Labute approximate surface area is 247 Å². The van der Waals surface area contributed by atoms with Gasteiger partial charge in [-0.25, -0.2) is 0 Å². The Hall–Kier alpha value is -2.26. The number of hydrogen-bond acceptors (Lipinski definition) is 1. The van der Waals surface area contributed by atoms with E-state index in [1.54, 1.807) is 6.07 Å². The smallest absolute Gasteiger partial charge is 0.0514 e. The van der Waals surface area contributed by atoms with Gasteiger partial charge in [0.15, 0.2) is 0 Å². The molecule has 1 aliphatic heterocycles. The Kier molecular flexibility index (Phi) is 14.2. The van der Waals surface area contributed by atoms with Gasteiger partial charge in [0.2, 0.25) is 0 Å². The molecule has 4 heteroatoms. The molecule has 1 atom stereocenters. The highest BCUT2D eigenvalue weighted by molar-refractivity contribution is 6.36. The molecule has 1 N–H and O–H groups in total. The summed E-state index contributed by atoms with van der Waals surface area (Å²) < 4.78 is 2.31. The van der Waals surface area contributed by atoms with Gasteiger partial charge in [-0.05, 0) is 119 Å². The first-order valence-electron chi connectivity index (χ1n) is 14.3. The van der Waals surface area contributed by atoms with Gasteiger partial charge in [-0.1, -0.05) is 79.9 Å². The van der Waals surface area contributed by atoms with Crippen molar-refractivity contribution in [1.29, 1.82) is 0 Å². The van der Waals surface area contributed by atoms with Crippen LogP contribution in [0.5, 0.6) is 0 Å². The molecule has 1 saturated heterocycles. The summed E-state index contributed by atoms with van der Waals surface area (Å²) in [6.45, 7) is 24.0. The topological polar surface area (TPSA) is 17.0 Å². The molecule has 212 valence electrons. The fraction of sp³-hybridized carbons (Fsp3) is 0.429. The Morgan fingerprint density at radius 3 is 2.33 bits per heavy atom. The highest BCUT2D eigenvalue weighted by atomic mass is 35.5. The Morgan fingerprint density at radius 1 is 1.08 bits per heavy atom. The van der Waals surface area contributed by atoms with Crippen LogP contribution in [0.15, 0.2) is 54.6 Å². The third kappa shape index (κ3) is 10.3. The summed E-state index contributed by atoms with van der Waals surface area (Å²) >= 11 is 12.5. The normalized spacial score (nSPS) is 15.2. The van der Waals surface area contributed by atoms with E-state index in [-0.39, 0.29) is 0 Å². The average molecular weight is 568 g/mol. The lowest BCUT2D eigenvalue weighted by molar-refractivity contribution is 0.336. The van der Waals surface area contributed by atoms with Crippen LogP contribution in [0.1, 0.15) is 70.1 Å². The van der Waals surface area contributed by atoms with Crippen LogP contribution in [0, 0.1) is 19.8 Å². The fourth-order valence-electron chi connectivity index (χ4n) is 4.78. The fourth-order valence-corrected chi connectivity index (χ4v) is 5.28. The molecular formula is C35H48Cl2N2. The summed E-state index contributed by atoms with van der Waals surface area (Å²) in [5.74, 6) is 0.631. The van der Waals surface area contributed by atoms with Gasteiger partial charge >= 0.3 is 0 Å². The van der Waals surface area contributed by atoms with Crippen molar-refractivity contribution in [1.82, 2.24) is 9.88 Å². The number of halogens is 2. The molecule has 0 saturated carbocycles. The molecule has 2 aromatic carbocycles. The van der Waals surface area contributed by atoms with Crippen molar-refractivity contribution in [2.45, 2.75) is 80.2 Å². The van der Waals surface area contributed by atoms with E-state index in [0.717, 1.165) is 47.9 Å². The molecule has 0 radical (unpaired) electrons. The van der Waals surface area contributed by atoms with Gasteiger partial charge in [-0.3, -0.25) is 0 Å². The number of allylic oxidation sites excluding steroid dienone is 1. The number of aromatic nitrogens is 1. The predicted molar refractivity (Wildman–Crippen MR) is 175 cm³/mol. The van der Waals surface area contributed by atoms with Gasteiger partial charge in [0.25, 0.3) is 0 Å². The first-order valence-corrected chi connectivity index (χ1v) is 15.1. The molecule has 1 fully saturated rings. The van der Waals surface area contributed by atoms with E-state index >= 15 is 0 Å². The van der Waals surface area contributed by atoms with Gasteiger partial charge < -0.3 is 9.88 Å². The summed E-state index contributed by atoms with van der Waals surface area (Å²) in [5.41, 5.74) is 7.64. The van der Waals surface area contributed by atoms with Crippen molar-refractivity contribution in [2.24, 2.45) is 5.92 Å². The number of rotatable bonds is 6. The van der Waals surface area contributed by atoms with Crippen LogP contribution < -0.4 is 15.9 Å². The number of nitrogens with zero attached hydrogens (tertiary/aromatic N) is 1. The molecule has 0 aliphatic carbocycles. The van der Waals surface area contributed by atoms with Gasteiger partial charge in [0.05, 0.1) is 10.7 Å². The number of nitrogens with one attached hydrogen (secondary N) is 1. The molecule has 4 rings (SSSR count). The standard InChI is InChI=1S/C19H22Cl2N2.C10H14.C6H12/c1-3-15-9-19(17-7-6-16(20)10-18(17)21)23(13(15)2)12-14-5-4-8-22-11-14;1-4-10-6-5-8(2)9(3)7-10;1-4-5-6(2)3/h3,6-7,9-10,14,22H,2,4-5,8,11-12H2,1H3;5-7H,4H2,1-3H3;2,4-5H2,1,3H3/b15-3-;;/t14-;;/m1../s1. The third-order valence-electron chi connectivity index (χ3n) is 7.26. The van der Waals surface area contributed by atoms with Crippen LogP contribution in [-0.4, -0.2) is 17.7 Å². The Bertz CT molecular complexity index is 1310. The maximum Gasteiger partial charge on any atom is 0.0514 e. The van der Waals surface area contributed by atoms with Crippen molar-refractivity contribution in [3.8, 4) is 11.3 Å². The quantitative estimate of drug-likeness (QED) is 0.294. The van der Waals surface area contributed by atoms with Crippen molar-refractivity contribution in [2.75, 3.05) is 13.1 Å². The molecule has 2 nitrogen and oxygen atoms in total. The van der Waals surface area contributed by atoms with Gasteiger partial charge in [0.1, 0.15) is 0 Å². The van der Waals surface area contributed by atoms with E-state index in [0.29, 0.717) is 16.0 Å². The van der Waals surface area contributed by atoms with E-state index in [2.05, 4.69) is 88.0 Å². The van der Waals surface area contributed by atoms with E-state index in [4.69, 9.17) is 23.2 Å². The van der Waals surface area contributed by atoms with Crippen molar-refractivity contribution < 1.29 is 0 Å². The lowest BCUT2D eigenvalue weighted by Crippen LogP contribution is -2.36. The SMILES string of the molecule is C=C(C)CCC.C=c1/c(=C\C)cc(-c2ccc(Cl)cc2Cl)n1C[C@@H]1CCCNC1.CCc1ccc(C)c(C)c1. The first-order chi connectivity index (χ1) is 18.6. The molecular weight excluding hydrogens is 519 g/mol. The molecule has 39 heavy (non-hydrogen) atoms. The second-order valence-corrected chi connectivity index (χ2v) is 11.5. The second-order valence-electron chi connectivity index (χ2n) is 10.6. The average Bonchev–Trinajstić information content (AvgIpc) is 3.21. The molecule has 0 spiro atoms. The zero-order valence-corrected chi connectivity index (χ0v) is 26.5. The summed E-state index contributed by atoms with van der Waals surface area (Å²) in [5, 5.41) is 7.04. The molecule has 1 aromatic heterocycles. The Morgan fingerprint density at radius 2 is 1.82 bits per heavy atom. The molecule has 0 amide bonds. The minimum absolute atomic E-state index is 0.631. The van der Waals surface area contributed by atoms with Crippen molar-refractivity contribution in [3.05, 3.63) is 91.9 Å². The number of benzene rings is 2. The highest BCUT2D eigenvalue weighted by Crippen LogP contribution is 2.30. The van der Waals surface area contributed by atoms with E-state index < -0.39 is 0 Å². The third-order valence-corrected chi connectivity index (χ3v) is 7.80. The number of hydrogen-bond donors (Lipinski definition) is 1. The van der Waals surface area contributed by atoms with Crippen LogP contribution in [0.4, 0.5) is 0 Å². The molecule has 3 aromatic rings. The monoisotopic (exact) mass is 566 g/mol. The van der Waals surface area contributed by atoms with Gasteiger partial charge in [-0.15, -0.1) is 6.58 Å². The zero-order valence-electron chi connectivity index (χ0n) is 25.0. The largest absolute Gasteiger partial charge is 0.341 e. The van der Waals surface area contributed by atoms with Gasteiger partial charge in [-0.2, -0.15) is 0 Å². The van der Waals surface area contributed by atoms with E-state index in [1.165, 1.54) is 47.9 Å². The van der Waals surface area contributed by atoms with Crippen LogP contribution in [0.2, 0.25) is 10.0 Å². The minimum atomic E-state index is 0.631. The minimum Gasteiger partial charge on any atom is -0.341 e. The van der Waals surface area contributed by atoms with Gasteiger partial charge in [0, 0.05) is 22.5 Å². The summed E-state index contributed by atoms with van der Waals surface area (Å²) in [6, 6.07) is 14.5. The van der Waals surface area contributed by atoms with E-state index in [1.807, 2.05) is 19.1 Å². The maximum absolute atomic E-state index is 6.44. The number of piperidine rings is 1. The lowest BCUT2D eigenvalue weighted by Gasteiger charge is -2.24. The van der Waals surface area contributed by atoms with Crippen molar-refractivity contribution >= 4 is 35.9 Å². The number of aryl methyl sites for hydroxylation is 3. The molecule has 0 bridgehead atoms. The van der Waals surface area contributed by atoms with Crippen LogP contribution >= 0.6 is 23.2 Å². The summed E-state index contributed by atoms with van der Waals surface area (Å²) in [4.78, 5) is 0. The molecule has 2 heterocycles. The summed E-state index contributed by atoms with van der Waals surface area (Å²) in [6.07, 6.45) is 8.15. The molecule has 1 aliphatic rings. The molecule has 0 unspecified atom stereocenters. The highest BCUT2D eigenvalue weighted by Gasteiger charge is 2.17. The predicted octanol–water partition coefficient (Wildman–Crippen LogP) is 8.90. The van der Waals surface area contributed by atoms with E-state index in [9.17, 15) is 0 Å². The van der Waals surface area contributed by atoms with Crippen molar-refractivity contribution in [3.63, 3.8) is 0 Å². The maximum atomic E-state index is 6.44. The summed E-state index contributed by atoms with van der Waals surface area (Å²) in [7, 11) is 0. The zero-order chi connectivity index (χ0) is 28.9.